The quantitative estimate of drug-likeness (QED) is 0.319. The molecule has 0 spiro atoms. The van der Waals surface area contributed by atoms with Crippen LogP contribution in [0.1, 0.15) is 21.5 Å². The molecule has 0 atom stereocenters. The minimum atomic E-state index is -0.541. The molecule has 3 rings (SSSR count). The van der Waals surface area contributed by atoms with Gasteiger partial charge in [-0.1, -0.05) is 24.3 Å². The number of hydrogen-bond acceptors (Lipinski definition) is 6. The molecule has 0 saturated heterocycles. The highest BCUT2D eigenvalue weighted by Crippen LogP contribution is 2.14. The van der Waals surface area contributed by atoms with Crippen molar-refractivity contribution >= 4 is 29.4 Å². The summed E-state index contributed by atoms with van der Waals surface area (Å²) in [6.45, 7) is 1.78. The van der Waals surface area contributed by atoms with Crippen LogP contribution in [0.2, 0.25) is 0 Å². The zero-order chi connectivity index (χ0) is 22.9. The van der Waals surface area contributed by atoms with E-state index in [9.17, 15) is 19.7 Å². The van der Waals surface area contributed by atoms with Gasteiger partial charge in [-0.25, -0.2) is 5.43 Å². The average molecular weight is 432 g/mol. The van der Waals surface area contributed by atoms with Crippen molar-refractivity contribution < 1.29 is 19.2 Å². The number of hydrogen-bond donors (Lipinski definition) is 2. The van der Waals surface area contributed by atoms with E-state index >= 15 is 0 Å². The highest BCUT2D eigenvalue weighted by atomic mass is 16.6. The molecule has 0 bridgehead atoms. The van der Waals surface area contributed by atoms with Gasteiger partial charge >= 0.3 is 0 Å². The topological polar surface area (TPSA) is 123 Å². The van der Waals surface area contributed by atoms with Gasteiger partial charge in [-0.05, 0) is 54.4 Å². The lowest BCUT2D eigenvalue weighted by Crippen LogP contribution is -2.20. The Morgan fingerprint density at radius 2 is 1.81 bits per heavy atom. The predicted molar refractivity (Wildman–Crippen MR) is 120 cm³/mol. The minimum Gasteiger partial charge on any atom is -0.484 e. The zero-order valence-electron chi connectivity index (χ0n) is 17.1. The van der Waals surface area contributed by atoms with E-state index < -0.39 is 10.8 Å². The van der Waals surface area contributed by atoms with Crippen molar-refractivity contribution in [2.45, 2.75) is 6.92 Å². The summed E-state index contributed by atoms with van der Waals surface area (Å²) in [5, 5.41) is 17.3. The second kappa shape index (κ2) is 10.5. The van der Waals surface area contributed by atoms with E-state index in [2.05, 4.69) is 15.8 Å². The van der Waals surface area contributed by atoms with Gasteiger partial charge in [0.25, 0.3) is 17.5 Å². The van der Waals surface area contributed by atoms with Crippen LogP contribution in [0.3, 0.4) is 0 Å². The van der Waals surface area contributed by atoms with Crippen molar-refractivity contribution in [3.05, 3.63) is 99.6 Å². The number of nitrogens with one attached hydrogen (secondary N) is 2. The van der Waals surface area contributed by atoms with Crippen LogP contribution in [0.25, 0.3) is 0 Å². The fourth-order valence-corrected chi connectivity index (χ4v) is 2.72. The molecule has 2 amide bonds. The number of anilines is 1. The van der Waals surface area contributed by atoms with Gasteiger partial charge in [0.1, 0.15) is 5.75 Å². The standard InChI is InChI=1S/C23H20N4O5/c1-16-4-2-6-19(12-16)25-22(28)15-32-21-7-3-5-17(13-21)14-24-26-23(29)18-8-10-20(11-9-18)27(30)31/h2-14H,15H2,1H3,(H,25,28)(H,26,29)/b24-14+. The first-order valence-electron chi connectivity index (χ1n) is 9.58. The second-order valence-corrected chi connectivity index (χ2v) is 6.78. The number of non-ortho nitro benzene ring substituents is 1. The van der Waals surface area contributed by atoms with E-state index in [1.165, 1.54) is 30.5 Å². The van der Waals surface area contributed by atoms with Gasteiger partial charge < -0.3 is 10.1 Å². The Hall–Kier alpha value is -4.53. The lowest BCUT2D eigenvalue weighted by atomic mass is 10.2. The Bertz CT molecular complexity index is 1160. The molecule has 0 radical (unpaired) electrons. The smallest absolute Gasteiger partial charge is 0.271 e. The molecule has 162 valence electrons. The van der Waals surface area contributed by atoms with Crippen molar-refractivity contribution in [2.24, 2.45) is 5.10 Å². The van der Waals surface area contributed by atoms with Crippen molar-refractivity contribution in [3.8, 4) is 5.75 Å². The maximum Gasteiger partial charge on any atom is 0.271 e. The Kier molecular flexibility index (Phi) is 7.26. The SMILES string of the molecule is Cc1cccc(NC(=O)COc2cccc(/C=N/NC(=O)c3ccc([N+](=O)[O-])cc3)c2)c1. The van der Waals surface area contributed by atoms with Crippen molar-refractivity contribution in [1.82, 2.24) is 5.43 Å². The molecule has 0 aliphatic carbocycles. The third kappa shape index (κ3) is 6.49. The maximum atomic E-state index is 12.1. The number of aryl methyl sites for hydroxylation is 1. The highest BCUT2D eigenvalue weighted by molar-refractivity contribution is 5.95. The molecule has 3 aromatic carbocycles. The van der Waals surface area contributed by atoms with Crippen LogP contribution >= 0.6 is 0 Å². The first-order chi connectivity index (χ1) is 15.4. The van der Waals surface area contributed by atoms with Gasteiger partial charge in [-0.15, -0.1) is 0 Å². The molecule has 32 heavy (non-hydrogen) atoms. The van der Waals surface area contributed by atoms with E-state index in [-0.39, 0.29) is 23.8 Å². The maximum absolute atomic E-state index is 12.1. The molecule has 0 aliphatic rings. The Balaban J connectivity index is 1.51. The highest BCUT2D eigenvalue weighted by Gasteiger charge is 2.08. The molecule has 2 N–H and O–H groups in total. The summed E-state index contributed by atoms with van der Waals surface area (Å²) in [6.07, 6.45) is 1.42. The van der Waals surface area contributed by atoms with Crippen LogP contribution in [0.4, 0.5) is 11.4 Å². The lowest BCUT2D eigenvalue weighted by Gasteiger charge is -2.08. The molecule has 0 fully saturated rings. The minimum absolute atomic E-state index is 0.102. The van der Waals surface area contributed by atoms with E-state index in [0.717, 1.165) is 5.56 Å². The van der Waals surface area contributed by atoms with Crippen LogP contribution in [0, 0.1) is 17.0 Å². The zero-order valence-corrected chi connectivity index (χ0v) is 17.1. The molecule has 0 saturated carbocycles. The van der Waals surface area contributed by atoms with Gasteiger partial charge in [0.05, 0.1) is 11.1 Å². The molecule has 9 heteroatoms. The first kappa shape index (κ1) is 22.2. The number of carbonyl (C=O) groups excluding carboxylic acids is 2. The van der Waals surface area contributed by atoms with Gasteiger partial charge in [0.15, 0.2) is 6.61 Å². The van der Waals surface area contributed by atoms with E-state index in [4.69, 9.17) is 4.74 Å². The Morgan fingerprint density at radius 3 is 2.53 bits per heavy atom. The van der Waals surface area contributed by atoms with Gasteiger partial charge in [-0.2, -0.15) is 5.10 Å². The van der Waals surface area contributed by atoms with Crippen LogP contribution in [-0.2, 0) is 4.79 Å². The number of nitro benzene ring substituents is 1. The fourth-order valence-electron chi connectivity index (χ4n) is 2.72. The first-order valence-corrected chi connectivity index (χ1v) is 9.58. The molecule has 0 aliphatic heterocycles. The van der Waals surface area contributed by atoms with Crippen LogP contribution in [-0.4, -0.2) is 29.6 Å². The summed E-state index contributed by atoms with van der Waals surface area (Å²) in [7, 11) is 0. The molecular formula is C23H20N4O5. The number of nitrogens with zero attached hydrogens (tertiary/aromatic N) is 2. The number of hydrazone groups is 1. The van der Waals surface area contributed by atoms with Gasteiger partial charge in [0, 0.05) is 23.4 Å². The van der Waals surface area contributed by atoms with E-state index in [1.54, 1.807) is 30.3 Å². The lowest BCUT2D eigenvalue weighted by molar-refractivity contribution is -0.384. The Labute approximate surface area is 183 Å². The number of rotatable bonds is 8. The summed E-state index contributed by atoms with van der Waals surface area (Å²) < 4.78 is 5.52. The molecular weight excluding hydrogens is 412 g/mol. The molecule has 0 unspecified atom stereocenters. The number of amides is 2. The third-order valence-corrected chi connectivity index (χ3v) is 4.25. The normalized spacial score (nSPS) is 10.5. The van der Waals surface area contributed by atoms with Crippen LogP contribution in [0.15, 0.2) is 77.9 Å². The van der Waals surface area contributed by atoms with Gasteiger partial charge in [-0.3, -0.25) is 19.7 Å². The van der Waals surface area contributed by atoms with Crippen molar-refractivity contribution in [1.29, 1.82) is 0 Å². The number of nitro groups is 1. The van der Waals surface area contributed by atoms with E-state index in [0.29, 0.717) is 17.0 Å². The Morgan fingerprint density at radius 1 is 1.06 bits per heavy atom. The number of carbonyl (C=O) groups is 2. The largest absolute Gasteiger partial charge is 0.484 e. The summed E-state index contributed by atoms with van der Waals surface area (Å²) >= 11 is 0. The second-order valence-electron chi connectivity index (χ2n) is 6.78. The average Bonchev–Trinajstić information content (AvgIpc) is 2.78. The molecule has 9 nitrogen and oxygen atoms in total. The predicted octanol–water partition coefficient (Wildman–Crippen LogP) is 3.68. The van der Waals surface area contributed by atoms with Crippen LogP contribution < -0.4 is 15.5 Å². The summed E-state index contributed by atoms with van der Waals surface area (Å²) in [5.74, 6) is -0.323. The number of ether oxygens (including phenoxy) is 1. The van der Waals surface area contributed by atoms with E-state index in [1.807, 2.05) is 25.1 Å². The summed E-state index contributed by atoms with van der Waals surface area (Å²) in [5.41, 5.74) is 4.87. The third-order valence-electron chi connectivity index (χ3n) is 4.25. The van der Waals surface area contributed by atoms with Crippen molar-refractivity contribution in [2.75, 3.05) is 11.9 Å². The molecule has 3 aromatic rings. The van der Waals surface area contributed by atoms with Crippen LogP contribution in [0.5, 0.6) is 5.75 Å². The fraction of sp³-hybridized carbons (Fsp3) is 0.0870. The monoisotopic (exact) mass is 432 g/mol. The summed E-state index contributed by atoms with van der Waals surface area (Å²) in [6, 6.07) is 19.5. The molecule has 0 heterocycles. The van der Waals surface area contributed by atoms with Crippen molar-refractivity contribution in [3.63, 3.8) is 0 Å². The molecule has 0 aromatic heterocycles. The number of benzene rings is 3. The summed E-state index contributed by atoms with van der Waals surface area (Å²) in [4.78, 5) is 34.3. The van der Waals surface area contributed by atoms with Gasteiger partial charge in [0.2, 0.25) is 0 Å².